The third kappa shape index (κ3) is 5.67. The first-order valence-corrected chi connectivity index (χ1v) is 25.9. The number of hydrogen-bond donors (Lipinski definition) is 0. The van der Waals surface area contributed by atoms with Crippen LogP contribution < -0.4 is 78.2 Å². The van der Waals surface area contributed by atoms with Crippen molar-refractivity contribution >= 4 is 138 Å². The molecule has 0 saturated carbocycles. The summed E-state index contributed by atoms with van der Waals surface area (Å²) >= 11 is 0. The largest absolute Gasteiger partial charge is 0.458 e. The quantitative estimate of drug-likeness (QED) is 0.163. The van der Waals surface area contributed by atoms with E-state index < -0.39 is 0 Å². The van der Waals surface area contributed by atoms with E-state index in [4.69, 9.17) is 9.47 Å². The fraction of sp³-hybridized carbons (Fsp3) is 0. The summed E-state index contributed by atoms with van der Waals surface area (Å²) < 4.78 is 14.2. The summed E-state index contributed by atoms with van der Waals surface area (Å²) in [4.78, 5) is 9.85. The molecule has 0 bridgehead atoms. The maximum atomic E-state index is 7.37. The predicted octanol–water partition coefficient (Wildman–Crippen LogP) is 10.6. The van der Waals surface area contributed by atoms with Crippen LogP contribution in [0.25, 0.3) is 0 Å². The van der Waals surface area contributed by atoms with Gasteiger partial charge in [-0.1, -0.05) is 140 Å². The van der Waals surface area contributed by atoms with Gasteiger partial charge >= 0.3 is 0 Å². The van der Waals surface area contributed by atoms with Crippen LogP contribution in [-0.4, -0.2) is 20.1 Å². The zero-order valence-corrected chi connectivity index (χ0v) is 40.5. The van der Waals surface area contributed by atoms with Crippen molar-refractivity contribution in [3.05, 3.63) is 249 Å². The van der Waals surface area contributed by atoms with Gasteiger partial charge < -0.3 is 29.1 Å². The van der Waals surface area contributed by atoms with Gasteiger partial charge in [-0.25, -0.2) is 0 Å². The third-order valence-corrected chi connectivity index (χ3v) is 16.5. The third-order valence-electron chi connectivity index (χ3n) is 16.5. The van der Waals surface area contributed by atoms with E-state index in [9.17, 15) is 0 Å². The first kappa shape index (κ1) is 40.9. The maximum absolute atomic E-state index is 7.37. The van der Waals surface area contributed by atoms with Crippen LogP contribution in [0.15, 0.2) is 249 Å². The standard InChI is InChI=1S/C66H41B3N4O2/c1-5-20-42(21-6-1)70-52-30-15-13-28-46(52)67-50-39-51-63(41-59(50)71(43-22-7-2-8-23-43)54-32-17-31-53(70)64(54)67)75-62-37-19-34-56-66(62)69(51)49-38-48-57(40-58(49)73(56)45-26-11-4-12-27-45)72(44-24-9-3-10-25-44)55-33-18-36-61-65(55)68(48)47-29-14-16-35-60(47)74-61/h1-41H. The summed E-state index contributed by atoms with van der Waals surface area (Å²) in [6, 6.07) is 90.9. The van der Waals surface area contributed by atoms with Gasteiger partial charge in [0.2, 0.25) is 0 Å². The second-order valence-corrected chi connectivity index (χ2v) is 20.3. The molecule has 0 atom stereocenters. The highest BCUT2D eigenvalue weighted by atomic mass is 16.5. The van der Waals surface area contributed by atoms with Gasteiger partial charge in [-0.15, -0.1) is 0 Å². The van der Waals surface area contributed by atoms with Gasteiger partial charge in [0.15, 0.2) is 0 Å². The summed E-state index contributed by atoms with van der Waals surface area (Å²) in [6.07, 6.45) is 0. The number of para-hydroxylation sites is 6. The maximum Gasteiger partial charge on any atom is 0.256 e. The monoisotopic (exact) mass is 954 g/mol. The molecule has 11 aromatic carbocycles. The Balaban J connectivity index is 0.961. The van der Waals surface area contributed by atoms with Crippen LogP contribution in [-0.2, 0) is 0 Å². The molecule has 11 aromatic rings. The summed E-state index contributed by atoms with van der Waals surface area (Å²) in [6.45, 7) is -0.319. The number of nitrogens with zero attached hydrogens (tertiary/aromatic N) is 4. The molecule has 0 N–H and O–H groups in total. The molecule has 0 aliphatic carbocycles. The molecule has 75 heavy (non-hydrogen) atoms. The Labute approximate surface area is 436 Å². The van der Waals surface area contributed by atoms with E-state index in [0.29, 0.717) is 0 Å². The SMILES string of the molecule is c1ccc(N2c3cc4c(cc3B3c5ccccc5Oc5cccc2c53)B2c3cc5c(cc3Oc3cccc(c32)N4c2ccccc2)N(c2ccccc2)c2cccc3c2B5c2ccccc2N3c2ccccc2)cc1. The van der Waals surface area contributed by atoms with E-state index in [1.54, 1.807) is 0 Å². The number of benzene rings is 11. The van der Waals surface area contributed by atoms with Gasteiger partial charge in [0.05, 0.1) is 0 Å². The van der Waals surface area contributed by atoms with Gasteiger partial charge in [-0.3, -0.25) is 0 Å². The Bertz CT molecular complexity index is 4200. The number of rotatable bonds is 4. The van der Waals surface area contributed by atoms with E-state index >= 15 is 0 Å². The van der Waals surface area contributed by atoms with Crippen molar-refractivity contribution < 1.29 is 9.47 Å². The van der Waals surface area contributed by atoms with Crippen LogP contribution in [0.1, 0.15) is 0 Å². The molecular formula is C66H41B3N4O2. The predicted molar refractivity (Wildman–Crippen MR) is 312 cm³/mol. The molecule has 0 amide bonds. The highest BCUT2D eigenvalue weighted by Crippen LogP contribution is 2.48. The first-order valence-electron chi connectivity index (χ1n) is 25.9. The van der Waals surface area contributed by atoms with E-state index in [2.05, 4.69) is 268 Å². The Hall–Kier alpha value is -9.59. The Morgan fingerprint density at radius 1 is 0.213 bits per heavy atom. The lowest BCUT2D eigenvalue weighted by atomic mass is 9.29. The number of ether oxygens (including phenoxy) is 2. The van der Waals surface area contributed by atoms with Crippen molar-refractivity contribution in [2.75, 3.05) is 19.6 Å². The zero-order valence-electron chi connectivity index (χ0n) is 40.5. The van der Waals surface area contributed by atoms with Gasteiger partial charge in [-0.2, -0.15) is 0 Å². The lowest BCUT2D eigenvalue weighted by Crippen LogP contribution is -2.65. The molecule has 0 aromatic heterocycles. The van der Waals surface area contributed by atoms with Crippen molar-refractivity contribution in [2.45, 2.75) is 0 Å². The van der Waals surface area contributed by atoms with Gasteiger partial charge in [-0.05, 0) is 152 Å². The fourth-order valence-corrected chi connectivity index (χ4v) is 13.6. The molecule has 0 radical (unpaired) electrons. The molecule has 17 rings (SSSR count). The highest BCUT2D eigenvalue weighted by molar-refractivity contribution is 7.04. The molecule has 0 spiro atoms. The minimum Gasteiger partial charge on any atom is -0.458 e. The zero-order chi connectivity index (χ0) is 48.9. The van der Waals surface area contributed by atoms with Crippen molar-refractivity contribution in [3.8, 4) is 23.0 Å². The molecule has 0 saturated heterocycles. The van der Waals surface area contributed by atoms with Crippen molar-refractivity contribution in [1.82, 2.24) is 0 Å². The summed E-state index contributed by atoms with van der Waals surface area (Å²) in [5.41, 5.74) is 24.6. The number of anilines is 12. The Kier molecular flexibility index (Phi) is 8.44. The smallest absolute Gasteiger partial charge is 0.256 e. The molecule has 6 nitrogen and oxygen atoms in total. The lowest BCUT2D eigenvalue weighted by molar-refractivity contribution is 0.487. The van der Waals surface area contributed by atoms with Crippen molar-refractivity contribution in [2.24, 2.45) is 0 Å². The van der Waals surface area contributed by atoms with Crippen LogP contribution in [0.4, 0.5) is 68.2 Å². The van der Waals surface area contributed by atoms with Crippen molar-refractivity contribution in [3.63, 3.8) is 0 Å². The highest BCUT2D eigenvalue weighted by Gasteiger charge is 2.49. The molecule has 6 aliphatic heterocycles. The Morgan fingerprint density at radius 3 is 1.09 bits per heavy atom. The summed E-state index contributed by atoms with van der Waals surface area (Å²) in [5, 5.41) is 0. The van der Waals surface area contributed by atoms with Gasteiger partial charge in [0.1, 0.15) is 23.0 Å². The lowest BCUT2D eigenvalue weighted by Gasteiger charge is -2.46. The van der Waals surface area contributed by atoms with E-state index in [1.165, 1.54) is 55.1 Å². The molecule has 6 aliphatic rings. The minimum absolute atomic E-state index is 0.0650. The number of hydrogen-bond acceptors (Lipinski definition) is 6. The Morgan fingerprint density at radius 2 is 0.560 bits per heavy atom. The second kappa shape index (κ2) is 15.5. The molecular weight excluding hydrogens is 913 g/mol. The van der Waals surface area contributed by atoms with E-state index in [1.807, 2.05) is 0 Å². The topological polar surface area (TPSA) is 31.4 Å². The minimum atomic E-state index is -0.177. The van der Waals surface area contributed by atoms with E-state index in [-0.39, 0.29) is 20.1 Å². The molecule has 346 valence electrons. The molecule has 9 heteroatoms. The second-order valence-electron chi connectivity index (χ2n) is 20.3. The van der Waals surface area contributed by atoms with Crippen LogP contribution in [0.2, 0.25) is 0 Å². The molecule has 0 unspecified atom stereocenters. The van der Waals surface area contributed by atoms with Crippen LogP contribution in [0.3, 0.4) is 0 Å². The normalized spacial score (nSPS) is 14.2. The van der Waals surface area contributed by atoms with Crippen LogP contribution >= 0.6 is 0 Å². The van der Waals surface area contributed by atoms with E-state index in [0.717, 1.165) is 85.3 Å². The van der Waals surface area contributed by atoms with Gasteiger partial charge in [0, 0.05) is 74.3 Å². The summed E-state index contributed by atoms with van der Waals surface area (Å²) in [7, 11) is 0. The molecule has 6 heterocycles. The summed E-state index contributed by atoms with van der Waals surface area (Å²) in [5.74, 6) is 3.52. The van der Waals surface area contributed by atoms with Gasteiger partial charge in [0.25, 0.3) is 20.1 Å². The van der Waals surface area contributed by atoms with Crippen molar-refractivity contribution in [1.29, 1.82) is 0 Å². The fourth-order valence-electron chi connectivity index (χ4n) is 13.6. The average Bonchev–Trinajstić information content (AvgIpc) is 3.49. The average molecular weight is 955 g/mol. The molecule has 0 fully saturated rings. The van der Waals surface area contributed by atoms with Crippen LogP contribution in [0.5, 0.6) is 23.0 Å². The van der Waals surface area contributed by atoms with Crippen LogP contribution in [0, 0.1) is 0 Å². The number of fused-ring (bicyclic) bond motifs is 12. The first-order chi connectivity index (χ1) is 37.2.